The Labute approximate surface area is 96.0 Å². The topological polar surface area (TPSA) is 20.3 Å². The molecule has 0 bridgehead atoms. The van der Waals surface area contributed by atoms with Crippen molar-refractivity contribution in [1.29, 1.82) is 0 Å². The zero-order valence-electron chi connectivity index (χ0n) is 7.83. The number of halogens is 1. The van der Waals surface area contributed by atoms with Crippen LogP contribution in [0.15, 0.2) is 11.4 Å². The lowest BCUT2D eigenvalue weighted by atomic mass is 10.1. The van der Waals surface area contributed by atoms with Crippen LogP contribution in [0.4, 0.5) is 0 Å². The van der Waals surface area contributed by atoms with Crippen LogP contribution in [0.5, 0.6) is 0 Å². The quantitative estimate of drug-likeness (QED) is 0.758. The highest BCUT2D eigenvalue weighted by Gasteiger charge is 2.20. The Morgan fingerprint density at radius 2 is 2.50 bits per heavy atom. The van der Waals surface area contributed by atoms with Crippen LogP contribution < -0.4 is 0 Å². The molecule has 0 saturated heterocycles. The number of rotatable bonds is 2. The third kappa shape index (κ3) is 2.01. The van der Waals surface area contributed by atoms with Crippen LogP contribution in [-0.2, 0) is 17.8 Å². The summed E-state index contributed by atoms with van der Waals surface area (Å²) in [4.78, 5) is 15.0. The first kappa shape index (κ1) is 10.2. The molecule has 0 aliphatic carbocycles. The maximum atomic E-state index is 11.6. The molecule has 1 amide bonds. The third-order valence-corrected chi connectivity index (χ3v) is 3.89. The molecule has 1 aliphatic rings. The van der Waals surface area contributed by atoms with E-state index in [0.717, 1.165) is 24.8 Å². The van der Waals surface area contributed by atoms with Crippen molar-refractivity contribution in [3.8, 4) is 0 Å². The highest BCUT2D eigenvalue weighted by atomic mass is 79.9. The van der Waals surface area contributed by atoms with Crippen molar-refractivity contribution < 1.29 is 4.79 Å². The fourth-order valence-corrected chi connectivity index (χ4v) is 2.93. The van der Waals surface area contributed by atoms with Crippen LogP contribution in [-0.4, -0.2) is 22.7 Å². The fraction of sp³-hybridized carbons (Fsp3) is 0.500. The second-order valence-corrected chi connectivity index (χ2v) is 5.17. The minimum Gasteiger partial charge on any atom is -0.338 e. The highest BCUT2D eigenvalue weighted by molar-refractivity contribution is 9.09. The standard InChI is InChI=1S/C10H12BrNOS/c11-4-1-10(13)12-5-2-9-8(7-12)3-6-14-9/h3,6H,1-2,4-5,7H2. The van der Waals surface area contributed by atoms with Gasteiger partial charge in [-0.3, -0.25) is 4.79 Å². The number of carbonyl (C=O) groups excluding carboxylic acids is 1. The maximum Gasteiger partial charge on any atom is 0.223 e. The van der Waals surface area contributed by atoms with E-state index < -0.39 is 0 Å². The summed E-state index contributed by atoms with van der Waals surface area (Å²) in [6, 6.07) is 2.13. The van der Waals surface area contributed by atoms with Crippen LogP contribution >= 0.6 is 27.3 Å². The Balaban J connectivity index is 2.04. The lowest BCUT2D eigenvalue weighted by molar-refractivity contribution is -0.131. The van der Waals surface area contributed by atoms with Gasteiger partial charge in [0.1, 0.15) is 0 Å². The Morgan fingerprint density at radius 3 is 3.29 bits per heavy atom. The molecule has 0 aromatic carbocycles. The van der Waals surface area contributed by atoms with Crippen molar-refractivity contribution in [2.45, 2.75) is 19.4 Å². The smallest absolute Gasteiger partial charge is 0.223 e. The highest BCUT2D eigenvalue weighted by Crippen LogP contribution is 2.24. The van der Waals surface area contributed by atoms with Gasteiger partial charge in [0.25, 0.3) is 0 Å². The van der Waals surface area contributed by atoms with E-state index in [1.54, 1.807) is 11.3 Å². The molecule has 0 atom stereocenters. The van der Waals surface area contributed by atoms with Crippen molar-refractivity contribution in [1.82, 2.24) is 4.90 Å². The Kier molecular flexibility index (Phi) is 3.23. The van der Waals surface area contributed by atoms with E-state index in [2.05, 4.69) is 27.4 Å². The van der Waals surface area contributed by atoms with Gasteiger partial charge in [0.15, 0.2) is 0 Å². The lowest BCUT2D eigenvalue weighted by Gasteiger charge is -2.26. The van der Waals surface area contributed by atoms with Crippen LogP contribution in [0.2, 0.25) is 0 Å². The molecular formula is C10H12BrNOS. The van der Waals surface area contributed by atoms with Gasteiger partial charge in [-0.2, -0.15) is 0 Å². The van der Waals surface area contributed by atoms with E-state index >= 15 is 0 Å². The van der Waals surface area contributed by atoms with E-state index in [9.17, 15) is 4.79 Å². The van der Waals surface area contributed by atoms with Crippen molar-refractivity contribution in [2.24, 2.45) is 0 Å². The number of nitrogens with zero attached hydrogens (tertiary/aromatic N) is 1. The number of carbonyl (C=O) groups is 1. The van der Waals surface area contributed by atoms with Crippen LogP contribution in [0, 0.1) is 0 Å². The fourth-order valence-electron chi connectivity index (χ4n) is 1.70. The summed E-state index contributed by atoms with van der Waals surface area (Å²) in [5.41, 5.74) is 1.34. The molecule has 1 aliphatic heterocycles. The second-order valence-electron chi connectivity index (χ2n) is 3.37. The molecule has 2 heterocycles. The molecule has 0 fully saturated rings. The summed E-state index contributed by atoms with van der Waals surface area (Å²) in [6.07, 6.45) is 1.64. The van der Waals surface area contributed by atoms with Gasteiger partial charge in [0.05, 0.1) is 0 Å². The van der Waals surface area contributed by atoms with Gasteiger partial charge < -0.3 is 4.90 Å². The SMILES string of the molecule is O=C(CCBr)N1CCc2sccc2C1. The van der Waals surface area contributed by atoms with Gasteiger partial charge in [-0.25, -0.2) is 0 Å². The molecule has 1 aromatic rings. The normalized spacial score (nSPS) is 15.4. The number of hydrogen-bond acceptors (Lipinski definition) is 2. The Bertz CT molecular complexity index is 337. The van der Waals surface area contributed by atoms with Crippen molar-refractivity contribution in [3.63, 3.8) is 0 Å². The van der Waals surface area contributed by atoms with E-state index in [1.807, 2.05) is 4.90 Å². The van der Waals surface area contributed by atoms with E-state index in [1.165, 1.54) is 10.4 Å². The molecular weight excluding hydrogens is 262 g/mol. The number of hydrogen-bond donors (Lipinski definition) is 0. The first-order valence-corrected chi connectivity index (χ1v) is 6.70. The summed E-state index contributed by atoms with van der Waals surface area (Å²) >= 11 is 5.10. The third-order valence-electron chi connectivity index (χ3n) is 2.47. The monoisotopic (exact) mass is 273 g/mol. The minimum absolute atomic E-state index is 0.263. The zero-order valence-corrected chi connectivity index (χ0v) is 10.2. The number of fused-ring (bicyclic) bond motifs is 1. The lowest BCUT2D eigenvalue weighted by Crippen LogP contribution is -2.35. The molecule has 2 rings (SSSR count). The molecule has 1 aromatic heterocycles. The molecule has 0 radical (unpaired) electrons. The molecule has 0 saturated carbocycles. The van der Waals surface area contributed by atoms with Crippen molar-refractivity contribution in [2.75, 3.05) is 11.9 Å². The van der Waals surface area contributed by atoms with Gasteiger partial charge in [-0.15, -0.1) is 11.3 Å². The summed E-state index contributed by atoms with van der Waals surface area (Å²) in [6.45, 7) is 1.70. The largest absolute Gasteiger partial charge is 0.338 e. The van der Waals surface area contributed by atoms with Gasteiger partial charge >= 0.3 is 0 Å². The average Bonchev–Trinajstić information content (AvgIpc) is 2.64. The predicted octanol–water partition coefficient (Wildman–Crippen LogP) is 2.42. The number of alkyl halides is 1. The van der Waals surface area contributed by atoms with Gasteiger partial charge in [-0.1, -0.05) is 15.9 Å². The molecule has 0 unspecified atom stereocenters. The van der Waals surface area contributed by atoms with E-state index in [-0.39, 0.29) is 5.91 Å². The summed E-state index contributed by atoms with van der Waals surface area (Å²) in [7, 11) is 0. The molecule has 4 heteroatoms. The van der Waals surface area contributed by atoms with Gasteiger partial charge in [0, 0.05) is 29.7 Å². The zero-order chi connectivity index (χ0) is 9.97. The van der Waals surface area contributed by atoms with Gasteiger partial charge in [0.2, 0.25) is 5.91 Å². The summed E-state index contributed by atoms with van der Waals surface area (Å²) < 4.78 is 0. The van der Waals surface area contributed by atoms with Gasteiger partial charge in [-0.05, 0) is 23.4 Å². The molecule has 0 N–H and O–H groups in total. The number of thiophene rings is 1. The average molecular weight is 274 g/mol. The van der Waals surface area contributed by atoms with Crippen LogP contribution in [0.3, 0.4) is 0 Å². The Hall–Kier alpha value is -0.350. The first-order valence-electron chi connectivity index (χ1n) is 4.70. The van der Waals surface area contributed by atoms with Crippen molar-refractivity contribution >= 4 is 33.2 Å². The molecule has 76 valence electrons. The van der Waals surface area contributed by atoms with E-state index in [4.69, 9.17) is 0 Å². The number of amides is 1. The van der Waals surface area contributed by atoms with E-state index in [0.29, 0.717) is 6.42 Å². The van der Waals surface area contributed by atoms with Crippen LogP contribution in [0.25, 0.3) is 0 Å². The molecule has 2 nitrogen and oxygen atoms in total. The predicted molar refractivity (Wildman–Crippen MR) is 61.9 cm³/mol. The first-order chi connectivity index (χ1) is 6.81. The minimum atomic E-state index is 0.263. The summed E-state index contributed by atoms with van der Waals surface area (Å²) in [5, 5.41) is 2.88. The molecule has 0 spiro atoms. The molecule has 14 heavy (non-hydrogen) atoms. The van der Waals surface area contributed by atoms with Crippen LogP contribution in [0.1, 0.15) is 16.9 Å². The maximum absolute atomic E-state index is 11.6. The summed E-state index contributed by atoms with van der Waals surface area (Å²) in [5.74, 6) is 0.263. The van der Waals surface area contributed by atoms with Crippen molar-refractivity contribution in [3.05, 3.63) is 21.9 Å². The second kappa shape index (κ2) is 4.45. The Morgan fingerprint density at radius 1 is 1.64 bits per heavy atom.